The summed E-state index contributed by atoms with van der Waals surface area (Å²) in [5, 5.41) is 17.0. The van der Waals surface area contributed by atoms with Gasteiger partial charge in [-0.15, -0.1) is 0 Å². The fourth-order valence-corrected chi connectivity index (χ4v) is 2.10. The number of rotatable bonds is 6. The molecule has 0 fully saturated rings. The van der Waals surface area contributed by atoms with Crippen molar-refractivity contribution in [2.24, 2.45) is 0 Å². The number of carbonyl (C=O) groups is 1. The maximum atomic E-state index is 11.5. The van der Waals surface area contributed by atoms with Gasteiger partial charge in [0.2, 0.25) is 10.0 Å². The monoisotopic (exact) mass is 296 g/mol. The van der Waals surface area contributed by atoms with Crippen molar-refractivity contribution in [3.63, 3.8) is 0 Å². The van der Waals surface area contributed by atoms with Crippen molar-refractivity contribution < 1.29 is 23.1 Å². The van der Waals surface area contributed by atoms with Gasteiger partial charge in [0.05, 0.1) is 18.9 Å². The molecular formula is C12H12N2O5S. The van der Waals surface area contributed by atoms with Gasteiger partial charge in [-0.25, -0.2) is 13.2 Å². The van der Waals surface area contributed by atoms with Crippen LogP contribution in [-0.2, 0) is 14.8 Å². The summed E-state index contributed by atoms with van der Waals surface area (Å²) in [4.78, 5) is 10.4. The summed E-state index contributed by atoms with van der Waals surface area (Å²) in [6.45, 7) is 0. The quantitative estimate of drug-likeness (QED) is 0.758. The van der Waals surface area contributed by atoms with Gasteiger partial charge in [0, 0.05) is 6.08 Å². The zero-order valence-electron chi connectivity index (χ0n) is 10.5. The van der Waals surface area contributed by atoms with Crippen LogP contribution in [0.5, 0.6) is 5.75 Å². The molecule has 0 heterocycles. The van der Waals surface area contributed by atoms with Gasteiger partial charge in [-0.2, -0.15) is 5.26 Å². The van der Waals surface area contributed by atoms with Crippen LogP contribution in [0.3, 0.4) is 0 Å². The summed E-state index contributed by atoms with van der Waals surface area (Å²) < 4.78 is 30.3. The molecule has 0 saturated heterocycles. The van der Waals surface area contributed by atoms with E-state index in [0.29, 0.717) is 5.56 Å². The largest absolute Gasteiger partial charge is 0.495 e. The second kappa shape index (κ2) is 6.58. The minimum absolute atomic E-state index is 0.135. The molecule has 0 aliphatic carbocycles. The number of methoxy groups -OCH3 is 1. The third-order valence-electron chi connectivity index (χ3n) is 2.16. The minimum atomic E-state index is -3.80. The lowest BCUT2D eigenvalue weighted by atomic mass is 10.2. The number of ether oxygens (including phenoxy) is 1. The molecule has 0 unspecified atom stereocenters. The Morgan fingerprint density at radius 3 is 2.80 bits per heavy atom. The topological polar surface area (TPSA) is 116 Å². The first kappa shape index (κ1) is 15.5. The number of nitrogens with one attached hydrogen (secondary N) is 1. The van der Waals surface area contributed by atoms with Crippen LogP contribution in [-0.4, -0.2) is 32.4 Å². The Morgan fingerprint density at radius 1 is 1.55 bits per heavy atom. The molecular weight excluding hydrogens is 284 g/mol. The molecule has 0 spiro atoms. The smallest absolute Gasteiger partial charge is 0.328 e. The summed E-state index contributed by atoms with van der Waals surface area (Å²) in [5.41, 5.74) is 0.609. The first-order valence-corrected chi connectivity index (χ1v) is 6.99. The number of aliphatic carboxylic acids is 1. The van der Waals surface area contributed by atoms with Crippen molar-refractivity contribution in [2.45, 2.75) is 0 Å². The fourth-order valence-electron chi connectivity index (χ4n) is 1.37. The Balaban J connectivity index is 3.13. The number of hydrogen-bond acceptors (Lipinski definition) is 5. The molecule has 0 aliphatic rings. The van der Waals surface area contributed by atoms with Gasteiger partial charge < -0.3 is 9.84 Å². The highest BCUT2D eigenvalue weighted by atomic mass is 32.2. The summed E-state index contributed by atoms with van der Waals surface area (Å²) in [7, 11) is -2.43. The van der Waals surface area contributed by atoms with Crippen molar-refractivity contribution in [1.29, 1.82) is 5.26 Å². The van der Waals surface area contributed by atoms with Gasteiger partial charge in [0.25, 0.3) is 0 Å². The molecule has 1 aromatic carbocycles. The van der Waals surface area contributed by atoms with Crippen LogP contribution in [0.1, 0.15) is 5.56 Å². The molecule has 0 aromatic heterocycles. The van der Waals surface area contributed by atoms with E-state index in [4.69, 9.17) is 15.1 Å². The van der Waals surface area contributed by atoms with Crippen LogP contribution >= 0.6 is 0 Å². The molecule has 2 N–H and O–H groups in total. The second-order valence-corrected chi connectivity index (χ2v) is 5.37. The van der Waals surface area contributed by atoms with E-state index in [1.54, 1.807) is 6.07 Å². The first-order chi connectivity index (χ1) is 9.38. The highest BCUT2D eigenvalue weighted by molar-refractivity contribution is 7.92. The molecule has 7 nitrogen and oxygen atoms in total. The Bertz CT molecular complexity index is 674. The number of nitrogens with zero attached hydrogens (tertiary/aromatic N) is 1. The molecule has 0 amide bonds. The third-order valence-corrected chi connectivity index (χ3v) is 3.20. The Kier molecular flexibility index (Phi) is 5.11. The number of carboxylic acid groups (broad SMARTS) is 1. The molecule has 0 saturated carbocycles. The van der Waals surface area contributed by atoms with Crippen molar-refractivity contribution in [2.75, 3.05) is 17.6 Å². The van der Waals surface area contributed by atoms with Gasteiger partial charge in [0.1, 0.15) is 5.75 Å². The summed E-state index contributed by atoms with van der Waals surface area (Å²) in [6.07, 6.45) is 2.24. The molecule has 0 atom stereocenters. The van der Waals surface area contributed by atoms with Crippen molar-refractivity contribution in [3.05, 3.63) is 29.8 Å². The Labute approximate surface area is 116 Å². The molecule has 0 radical (unpaired) electrons. The summed E-state index contributed by atoms with van der Waals surface area (Å²) in [5.74, 6) is -1.54. The molecule has 0 aliphatic heterocycles. The van der Waals surface area contributed by atoms with Gasteiger partial charge in [-0.1, -0.05) is 6.07 Å². The first-order valence-electron chi connectivity index (χ1n) is 5.34. The maximum absolute atomic E-state index is 11.5. The predicted molar refractivity (Wildman–Crippen MR) is 72.7 cm³/mol. The van der Waals surface area contributed by atoms with E-state index in [0.717, 1.165) is 6.08 Å². The lowest BCUT2D eigenvalue weighted by Gasteiger charge is -2.11. The molecule has 0 bridgehead atoms. The standard InChI is InChI=1S/C12H12N2O5S/c1-19-11-4-2-9(3-5-12(15)16)8-10(11)14-20(17,18)7-6-13/h2-5,8,14H,7H2,1H3,(H,15,16). The van der Waals surface area contributed by atoms with E-state index < -0.39 is 21.7 Å². The molecule has 8 heteroatoms. The SMILES string of the molecule is COc1ccc(C=CC(=O)O)cc1NS(=O)(=O)CC#N. The van der Waals surface area contributed by atoms with Gasteiger partial charge in [-0.05, 0) is 23.8 Å². The Hall–Kier alpha value is -2.53. The zero-order valence-corrected chi connectivity index (χ0v) is 11.3. The average molecular weight is 296 g/mol. The van der Waals surface area contributed by atoms with Crippen molar-refractivity contribution >= 4 is 27.8 Å². The van der Waals surface area contributed by atoms with E-state index in [1.165, 1.54) is 31.4 Å². The molecule has 106 valence electrons. The minimum Gasteiger partial charge on any atom is -0.495 e. The van der Waals surface area contributed by atoms with Crippen LogP contribution in [0.2, 0.25) is 0 Å². The lowest BCUT2D eigenvalue weighted by Crippen LogP contribution is -2.16. The van der Waals surface area contributed by atoms with Gasteiger partial charge in [-0.3, -0.25) is 4.72 Å². The van der Waals surface area contributed by atoms with Crippen LogP contribution in [0.15, 0.2) is 24.3 Å². The lowest BCUT2D eigenvalue weighted by molar-refractivity contribution is -0.131. The average Bonchev–Trinajstić information content (AvgIpc) is 2.36. The maximum Gasteiger partial charge on any atom is 0.328 e. The Morgan fingerprint density at radius 2 is 2.25 bits per heavy atom. The number of benzene rings is 1. The van der Waals surface area contributed by atoms with Gasteiger partial charge >= 0.3 is 5.97 Å². The molecule has 1 rings (SSSR count). The van der Waals surface area contributed by atoms with Crippen molar-refractivity contribution in [1.82, 2.24) is 0 Å². The highest BCUT2D eigenvalue weighted by Gasteiger charge is 2.13. The summed E-state index contributed by atoms with van der Waals surface area (Å²) >= 11 is 0. The third kappa shape index (κ3) is 4.62. The van der Waals surface area contributed by atoms with Crippen LogP contribution in [0.25, 0.3) is 6.08 Å². The van der Waals surface area contributed by atoms with Gasteiger partial charge in [0.15, 0.2) is 5.75 Å². The highest BCUT2D eigenvalue weighted by Crippen LogP contribution is 2.27. The molecule has 1 aromatic rings. The number of hydrogen-bond donors (Lipinski definition) is 2. The number of carboxylic acids is 1. The van der Waals surface area contributed by atoms with Crippen LogP contribution in [0.4, 0.5) is 5.69 Å². The van der Waals surface area contributed by atoms with E-state index in [2.05, 4.69) is 4.72 Å². The number of anilines is 1. The zero-order chi connectivity index (χ0) is 15.2. The number of sulfonamides is 1. The van der Waals surface area contributed by atoms with Crippen LogP contribution in [0, 0.1) is 11.3 Å². The van der Waals surface area contributed by atoms with E-state index in [1.807, 2.05) is 0 Å². The van der Waals surface area contributed by atoms with E-state index in [-0.39, 0.29) is 11.4 Å². The number of nitriles is 1. The normalized spacial score (nSPS) is 11.0. The predicted octanol–water partition coefficient (Wildman–Crippen LogP) is 1.06. The summed E-state index contributed by atoms with van der Waals surface area (Å²) in [6, 6.07) is 6.01. The molecule has 20 heavy (non-hydrogen) atoms. The second-order valence-electron chi connectivity index (χ2n) is 3.65. The van der Waals surface area contributed by atoms with E-state index in [9.17, 15) is 13.2 Å². The van der Waals surface area contributed by atoms with E-state index >= 15 is 0 Å². The fraction of sp³-hybridized carbons (Fsp3) is 0.167. The van der Waals surface area contributed by atoms with Crippen LogP contribution < -0.4 is 9.46 Å². The van der Waals surface area contributed by atoms with Crippen molar-refractivity contribution in [3.8, 4) is 11.8 Å².